The average Bonchev–Trinajstić information content (AvgIpc) is 3.13. The van der Waals surface area contributed by atoms with Gasteiger partial charge >= 0.3 is 6.03 Å². The van der Waals surface area contributed by atoms with Crippen LogP contribution in [-0.4, -0.2) is 42.8 Å². The summed E-state index contributed by atoms with van der Waals surface area (Å²) in [6.07, 6.45) is 4.90. The Bertz CT molecular complexity index is 264. The van der Waals surface area contributed by atoms with E-state index in [2.05, 4.69) is 12.2 Å². The molecule has 0 unspecified atom stereocenters. The fourth-order valence-corrected chi connectivity index (χ4v) is 2.49. The fourth-order valence-electron chi connectivity index (χ4n) is 2.49. The van der Waals surface area contributed by atoms with Crippen molar-refractivity contribution in [2.75, 3.05) is 19.7 Å². The van der Waals surface area contributed by atoms with Crippen LogP contribution in [0.3, 0.4) is 0 Å². The van der Waals surface area contributed by atoms with Gasteiger partial charge < -0.3 is 15.0 Å². The van der Waals surface area contributed by atoms with Crippen molar-refractivity contribution in [3.05, 3.63) is 0 Å². The van der Waals surface area contributed by atoms with E-state index in [1.807, 2.05) is 11.8 Å². The number of piperidine rings is 1. The highest BCUT2D eigenvalue weighted by molar-refractivity contribution is 5.74. The summed E-state index contributed by atoms with van der Waals surface area (Å²) in [6, 6.07) is 0.420. The van der Waals surface area contributed by atoms with Crippen LogP contribution in [0.15, 0.2) is 0 Å². The fraction of sp³-hybridized carbons (Fsp3) is 0.923. The van der Waals surface area contributed by atoms with Crippen molar-refractivity contribution >= 4 is 6.03 Å². The zero-order valence-electron chi connectivity index (χ0n) is 10.9. The number of hydrogen-bond donors (Lipinski definition) is 1. The smallest absolute Gasteiger partial charge is 0.317 e. The Kier molecular flexibility index (Phi) is 4.26. The van der Waals surface area contributed by atoms with E-state index in [0.29, 0.717) is 12.0 Å². The molecule has 4 nitrogen and oxygen atoms in total. The third-order valence-corrected chi connectivity index (χ3v) is 3.75. The molecule has 0 aromatic carbocycles. The highest BCUT2D eigenvalue weighted by Gasteiger charge is 2.31. The molecule has 2 aliphatic rings. The molecular weight excluding hydrogens is 216 g/mol. The van der Waals surface area contributed by atoms with E-state index in [9.17, 15) is 4.79 Å². The van der Waals surface area contributed by atoms with Crippen molar-refractivity contribution in [2.24, 2.45) is 5.92 Å². The minimum Gasteiger partial charge on any atom is -0.377 e. The highest BCUT2D eigenvalue weighted by atomic mass is 16.5. The van der Waals surface area contributed by atoms with Crippen LogP contribution in [0.2, 0.25) is 0 Å². The molecule has 4 heteroatoms. The number of carbonyl (C=O) groups is 1. The number of urea groups is 1. The molecule has 1 saturated carbocycles. The zero-order valence-corrected chi connectivity index (χ0v) is 10.9. The molecule has 2 atom stereocenters. The highest BCUT2D eigenvalue weighted by Crippen LogP contribution is 2.32. The molecule has 2 fully saturated rings. The topological polar surface area (TPSA) is 41.6 Å². The van der Waals surface area contributed by atoms with E-state index in [1.54, 1.807) is 0 Å². The maximum atomic E-state index is 12.0. The zero-order chi connectivity index (χ0) is 12.3. The molecule has 2 rings (SSSR count). The van der Waals surface area contributed by atoms with Crippen molar-refractivity contribution in [3.8, 4) is 0 Å². The molecular formula is C13H24N2O2. The monoisotopic (exact) mass is 240 g/mol. The first-order valence-electron chi connectivity index (χ1n) is 6.87. The van der Waals surface area contributed by atoms with E-state index in [-0.39, 0.29) is 12.1 Å². The first kappa shape index (κ1) is 12.7. The minimum absolute atomic E-state index is 0.0915. The quantitative estimate of drug-likeness (QED) is 0.816. The number of nitrogens with zero attached hydrogens (tertiary/aromatic N) is 1. The molecule has 17 heavy (non-hydrogen) atoms. The van der Waals surface area contributed by atoms with E-state index >= 15 is 0 Å². The van der Waals surface area contributed by atoms with Gasteiger partial charge in [-0.25, -0.2) is 4.79 Å². The van der Waals surface area contributed by atoms with Crippen LogP contribution in [0, 0.1) is 5.92 Å². The molecule has 0 aromatic heterocycles. The maximum Gasteiger partial charge on any atom is 0.317 e. The molecule has 98 valence electrons. The molecule has 1 saturated heterocycles. The lowest BCUT2D eigenvalue weighted by molar-refractivity contribution is 0.0161. The van der Waals surface area contributed by atoms with Crippen molar-refractivity contribution in [1.82, 2.24) is 10.2 Å². The molecule has 0 aromatic rings. The minimum atomic E-state index is 0.0915. The number of nitrogens with one attached hydrogen (secondary N) is 1. The van der Waals surface area contributed by atoms with Crippen LogP contribution < -0.4 is 5.32 Å². The lowest BCUT2D eigenvalue weighted by Gasteiger charge is -2.33. The van der Waals surface area contributed by atoms with Gasteiger partial charge in [0.2, 0.25) is 0 Å². The van der Waals surface area contributed by atoms with Crippen LogP contribution in [0.25, 0.3) is 0 Å². The molecule has 1 aliphatic heterocycles. The first-order valence-corrected chi connectivity index (χ1v) is 6.87. The summed E-state index contributed by atoms with van der Waals surface area (Å²) in [7, 11) is 0. The van der Waals surface area contributed by atoms with Gasteiger partial charge in [0.25, 0.3) is 0 Å². The Balaban J connectivity index is 1.77. The lowest BCUT2D eigenvalue weighted by Crippen LogP contribution is -2.50. The average molecular weight is 240 g/mol. The Hall–Kier alpha value is -0.770. The van der Waals surface area contributed by atoms with Gasteiger partial charge in [0.05, 0.1) is 6.10 Å². The Labute approximate surface area is 104 Å². The van der Waals surface area contributed by atoms with Crippen LogP contribution in [0.4, 0.5) is 4.79 Å². The van der Waals surface area contributed by atoms with Crippen LogP contribution >= 0.6 is 0 Å². The summed E-state index contributed by atoms with van der Waals surface area (Å²) in [6.45, 7) is 6.47. The number of amides is 2. The van der Waals surface area contributed by atoms with E-state index < -0.39 is 0 Å². The van der Waals surface area contributed by atoms with Gasteiger partial charge in [-0.15, -0.1) is 0 Å². The molecule has 1 aliphatic carbocycles. The standard InChI is InChI=1S/C13H24N2O2/c1-3-17-12-5-4-8-15(9-12)13(16)14-10(2)11-6-7-11/h10-12H,3-9H2,1-2H3,(H,14,16)/t10-,12+/m0/s1. The van der Waals surface area contributed by atoms with Crippen molar-refractivity contribution in [2.45, 2.75) is 51.7 Å². The lowest BCUT2D eigenvalue weighted by atomic mass is 10.1. The SMILES string of the molecule is CCO[C@@H]1CCCN(C(=O)N[C@@H](C)C2CC2)C1. The van der Waals surface area contributed by atoms with Gasteiger partial charge in [0, 0.05) is 25.7 Å². The predicted molar refractivity (Wildman–Crippen MR) is 66.9 cm³/mol. The summed E-state index contributed by atoms with van der Waals surface area (Å²) in [5.41, 5.74) is 0. The molecule has 1 heterocycles. The predicted octanol–water partition coefficient (Wildman–Crippen LogP) is 2.00. The molecule has 1 N–H and O–H groups in total. The van der Waals surface area contributed by atoms with Gasteiger partial charge in [-0.3, -0.25) is 0 Å². The van der Waals surface area contributed by atoms with Crippen LogP contribution in [0.5, 0.6) is 0 Å². The van der Waals surface area contributed by atoms with Crippen molar-refractivity contribution in [3.63, 3.8) is 0 Å². The van der Waals surface area contributed by atoms with Gasteiger partial charge in [0.1, 0.15) is 0 Å². The summed E-state index contributed by atoms with van der Waals surface area (Å²) in [5.74, 6) is 0.714. The van der Waals surface area contributed by atoms with Gasteiger partial charge in [0.15, 0.2) is 0 Å². The number of hydrogen-bond acceptors (Lipinski definition) is 2. The molecule has 2 amide bonds. The normalized spacial score (nSPS) is 26.7. The first-order chi connectivity index (χ1) is 8.20. The molecule has 0 bridgehead atoms. The van der Waals surface area contributed by atoms with Crippen molar-refractivity contribution < 1.29 is 9.53 Å². The maximum absolute atomic E-state index is 12.0. The third-order valence-electron chi connectivity index (χ3n) is 3.75. The Morgan fingerprint density at radius 1 is 1.47 bits per heavy atom. The van der Waals surface area contributed by atoms with Crippen LogP contribution in [0.1, 0.15) is 39.5 Å². The van der Waals surface area contributed by atoms with Gasteiger partial charge in [-0.05, 0) is 45.4 Å². The number of rotatable bonds is 4. The Morgan fingerprint density at radius 3 is 2.88 bits per heavy atom. The number of carbonyl (C=O) groups excluding carboxylic acids is 1. The van der Waals surface area contributed by atoms with Crippen LogP contribution in [-0.2, 0) is 4.74 Å². The molecule has 0 spiro atoms. The third kappa shape index (κ3) is 3.60. The second-order valence-electron chi connectivity index (χ2n) is 5.24. The van der Waals surface area contributed by atoms with Gasteiger partial charge in [-0.1, -0.05) is 0 Å². The van der Waals surface area contributed by atoms with Crippen molar-refractivity contribution in [1.29, 1.82) is 0 Å². The Morgan fingerprint density at radius 2 is 2.24 bits per heavy atom. The summed E-state index contributed by atoms with van der Waals surface area (Å²) in [4.78, 5) is 14.0. The van der Waals surface area contributed by atoms with E-state index in [1.165, 1.54) is 12.8 Å². The van der Waals surface area contributed by atoms with Gasteiger partial charge in [-0.2, -0.15) is 0 Å². The summed E-state index contributed by atoms with van der Waals surface area (Å²) < 4.78 is 5.61. The second kappa shape index (κ2) is 5.71. The number of ether oxygens (including phenoxy) is 1. The molecule has 0 radical (unpaired) electrons. The number of likely N-dealkylation sites (tertiary alicyclic amines) is 1. The second-order valence-corrected chi connectivity index (χ2v) is 5.24. The summed E-state index contributed by atoms with van der Waals surface area (Å²) >= 11 is 0. The summed E-state index contributed by atoms with van der Waals surface area (Å²) in [5, 5.41) is 3.11. The largest absolute Gasteiger partial charge is 0.377 e. The van der Waals surface area contributed by atoms with E-state index in [4.69, 9.17) is 4.74 Å². The van der Waals surface area contributed by atoms with E-state index in [0.717, 1.165) is 32.5 Å².